The van der Waals surface area contributed by atoms with E-state index in [-0.39, 0.29) is 11.6 Å². The Morgan fingerprint density at radius 2 is 1.88 bits per heavy atom. The molecule has 0 aromatic heterocycles. The van der Waals surface area contributed by atoms with Crippen molar-refractivity contribution in [2.24, 2.45) is 5.73 Å². The zero-order valence-corrected chi connectivity index (χ0v) is 11.4. The zero-order chi connectivity index (χ0) is 12.8. The van der Waals surface area contributed by atoms with E-state index >= 15 is 0 Å². The molecule has 0 bridgehead atoms. The van der Waals surface area contributed by atoms with Gasteiger partial charge in [0.05, 0.1) is 5.54 Å². The van der Waals surface area contributed by atoms with Gasteiger partial charge in [0, 0.05) is 26.7 Å². The molecule has 0 radical (unpaired) electrons. The Morgan fingerprint density at radius 3 is 2.19 bits per heavy atom. The van der Waals surface area contributed by atoms with E-state index in [2.05, 4.69) is 20.8 Å². The summed E-state index contributed by atoms with van der Waals surface area (Å²) in [4.78, 5) is 15.9. The molecule has 0 saturated carbocycles. The summed E-state index contributed by atoms with van der Waals surface area (Å²) in [6.07, 6.45) is 1.84. The lowest BCUT2D eigenvalue weighted by molar-refractivity contribution is 0.101. The first-order valence-electron chi connectivity index (χ1n) is 6.19. The molecule has 0 spiro atoms. The van der Waals surface area contributed by atoms with Gasteiger partial charge in [-0.2, -0.15) is 0 Å². The predicted molar refractivity (Wildman–Crippen MR) is 68.4 cm³/mol. The molecule has 0 fully saturated rings. The van der Waals surface area contributed by atoms with Crippen molar-refractivity contribution >= 4 is 6.03 Å². The topological polar surface area (TPSA) is 49.6 Å². The minimum absolute atomic E-state index is 0.0825. The first-order valence-corrected chi connectivity index (χ1v) is 6.19. The van der Waals surface area contributed by atoms with Gasteiger partial charge >= 0.3 is 6.03 Å². The van der Waals surface area contributed by atoms with E-state index in [0.717, 1.165) is 25.9 Å². The van der Waals surface area contributed by atoms with Crippen LogP contribution in [0.2, 0.25) is 0 Å². The summed E-state index contributed by atoms with van der Waals surface area (Å²) in [5, 5.41) is 0. The van der Waals surface area contributed by atoms with Crippen molar-refractivity contribution in [2.75, 3.05) is 26.7 Å². The second kappa shape index (κ2) is 6.74. The summed E-state index contributed by atoms with van der Waals surface area (Å²) in [5.41, 5.74) is 5.59. The average Bonchev–Trinajstić information content (AvgIpc) is 2.33. The highest BCUT2D eigenvalue weighted by Crippen LogP contribution is 2.20. The highest BCUT2D eigenvalue weighted by atomic mass is 16.2. The lowest BCUT2D eigenvalue weighted by Gasteiger charge is -2.41. The number of hydrogen-bond donors (Lipinski definition) is 1. The third kappa shape index (κ3) is 3.37. The molecule has 2 N–H and O–H groups in total. The Hall–Kier alpha value is -0.770. The van der Waals surface area contributed by atoms with Gasteiger partial charge in [-0.25, -0.2) is 4.79 Å². The molecule has 4 nitrogen and oxygen atoms in total. The smallest absolute Gasteiger partial charge is 0.320 e. The minimum atomic E-state index is -0.226. The molecule has 0 aliphatic carbocycles. The summed E-state index contributed by atoms with van der Waals surface area (Å²) in [5.74, 6) is 0. The van der Waals surface area contributed by atoms with E-state index in [1.807, 2.05) is 18.9 Å². The summed E-state index contributed by atoms with van der Waals surface area (Å²) in [6, 6.07) is 0.0825. The third-order valence-corrected chi connectivity index (χ3v) is 3.33. The number of hydrogen-bond acceptors (Lipinski definition) is 2. The Kier molecular flexibility index (Phi) is 6.41. The Bertz CT molecular complexity index is 214. The van der Waals surface area contributed by atoms with Crippen LogP contribution in [0.5, 0.6) is 0 Å². The fourth-order valence-electron chi connectivity index (χ4n) is 1.61. The lowest BCUT2D eigenvalue weighted by Crippen LogP contribution is -2.57. The Labute approximate surface area is 99.8 Å². The van der Waals surface area contributed by atoms with Gasteiger partial charge in [0.1, 0.15) is 0 Å². The van der Waals surface area contributed by atoms with Crippen LogP contribution in [0.15, 0.2) is 0 Å². The van der Waals surface area contributed by atoms with Crippen LogP contribution >= 0.6 is 0 Å². The van der Waals surface area contributed by atoms with Gasteiger partial charge in [-0.15, -0.1) is 0 Å². The quantitative estimate of drug-likeness (QED) is 0.756. The summed E-state index contributed by atoms with van der Waals surface area (Å²) in [6.45, 7) is 10.2. The number of nitrogens with zero attached hydrogens (tertiary/aromatic N) is 2. The van der Waals surface area contributed by atoms with Gasteiger partial charge in [-0.3, -0.25) is 0 Å². The maximum Gasteiger partial charge on any atom is 0.320 e. The van der Waals surface area contributed by atoms with E-state index < -0.39 is 0 Å². The average molecular weight is 229 g/mol. The van der Waals surface area contributed by atoms with E-state index in [1.165, 1.54) is 0 Å². The molecule has 0 aromatic rings. The monoisotopic (exact) mass is 229 g/mol. The Balaban J connectivity index is 4.90. The second-order valence-electron chi connectivity index (χ2n) is 4.50. The molecule has 0 aliphatic rings. The molecular weight excluding hydrogens is 202 g/mol. The highest BCUT2D eigenvalue weighted by molar-refractivity contribution is 5.75. The fourth-order valence-corrected chi connectivity index (χ4v) is 1.61. The number of carbonyl (C=O) groups is 1. The summed E-state index contributed by atoms with van der Waals surface area (Å²) < 4.78 is 0. The minimum Gasteiger partial charge on any atom is -0.328 e. The highest BCUT2D eigenvalue weighted by Gasteiger charge is 2.33. The Morgan fingerprint density at radius 1 is 1.31 bits per heavy atom. The number of nitrogens with two attached hydrogens (primary N) is 1. The van der Waals surface area contributed by atoms with Crippen LogP contribution in [-0.2, 0) is 0 Å². The molecule has 0 saturated heterocycles. The van der Waals surface area contributed by atoms with E-state index in [1.54, 1.807) is 4.90 Å². The van der Waals surface area contributed by atoms with Gasteiger partial charge < -0.3 is 15.5 Å². The van der Waals surface area contributed by atoms with Crippen molar-refractivity contribution in [3.05, 3.63) is 0 Å². The first-order chi connectivity index (χ1) is 7.46. The van der Waals surface area contributed by atoms with Crippen LogP contribution < -0.4 is 5.73 Å². The number of carbonyl (C=O) groups excluding carboxylic acids is 1. The normalized spacial score (nSPS) is 14.4. The standard InChI is InChI=1S/C12H27N3O/c1-6-9-15(11(16)14(5)8-3)12(4,7-2)10-13/h6-10,13H2,1-5H3. The van der Waals surface area contributed by atoms with Crippen molar-refractivity contribution in [1.82, 2.24) is 9.80 Å². The van der Waals surface area contributed by atoms with Crippen LogP contribution in [0.3, 0.4) is 0 Å². The van der Waals surface area contributed by atoms with Crippen LogP contribution in [0, 0.1) is 0 Å². The van der Waals surface area contributed by atoms with Crippen molar-refractivity contribution in [2.45, 2.75) is 46.1 Å². The molecule has 0 aromatic carbocycles. The molecular formula is C12H27N3O. The number of rotatable bonds is 6. The molecule has 96 valence electrons. The van der Waals surface area contributed by atoms with Gasteiger partial charge in [-0.05, 0) is 26.7 Å². The van der Waals surface area contributed by atoms with Gasteiger partial charge in [-0.1, -0.05) is 13.8 Å². The first kappa shape index (κ1) is 15.2. The molecule has 1 unspecified atom stereocenters. The molecule has 4 heteroatoms. The van der Waals surface area contributed by atoms with Crippen molar-refractivity contribution in [3.8, 4) is 0 Å². The SMILES string of the molecule is CCCN(C(=O)N(C)CC)C(C)(CC)CN. The molecule has 0 heterocycles. The number of amides is 2. The van der Waals surface area contributed by atoms with Crippen molar-refractivity contribution in [3.63, 3.8) is 0 Å². The van der Waals surface area contributed by atoms with Gasteiger partial charge in [0.15, 0.2) is 0 Å². The maximum atomic E-state index is 12.2. The van der Waals surface area contributed by atoms with Crippen LogP contribution in [0.25, 0.3) is 0 Å². The van der Waals surface area contributed by atoms with Gasteiger partial charge in [0.2, 0.25) is 0 Å². The maximum absolute atomic E-state index is 12.2. The molecule has 16 heavy (non-hydrogen) atoms. The van der Waals surface area contributed by atoms with Crippen LogP contribution in [-0.4, -0.2) is 48.1 Å². The van der Waals surface area contributed by atoms with E-state index in [9.17, 15) is 4.79 Å². The van der Waals surface area contributed by atoms with E-state index in [4.69, 9.17) is 5.73 Å². The van der Waals surface area contributed by atoms with Crippen LogP contribution in [0.1, 0.15) is 40.5 Å². The molecule has 0 rings (SSSR count). The lowest BCUT2D eigenvalue weighted by atomic mass is 9.96. The molecule has 1 atom stereocenters. The zero-order valence-electron chi connectivity index (χ0n) is 11.4. The van der Waals surface area contributed by atoms with Crippen molar-refractivity contribution in [1.29, 1.82) is 0 Å². The molecule has 2 amide bonds. The summed E-state index contributed by atoms with van der Waals surface area (Å²) >= 11 is 0. The largest absolute Gasteiger partial charge is 0.328 e. The van der Waals surface area contributed by atoms with Crippen LogP contribution in [0.4, 0.5) is 4.79 Å². The second-order valence-corrected chi connectivity index (χ2v) is 4.50. The van der Waals surface area contributed by atoms with Crippen molar-refractivity contribution < 1.29 is 4.79 Å². The third-order valence-electron chi connectivity index (χ3n) is 3.33. The van der Waals surface area contributed by atoms with Gasteiger partial charge in [0.25, 0.3) is 0 Å². The van der Waals surface area contributed by atoms with E-state index in [0.29, 0.717) is 6.54 Å². The fraction of sp³-hybridized carbons (Fsp3) is 0.917. The summed E-state index contributed by atoms with van der Waals surface area (Å²) in [7, 11) is 1.83. The molecule has 0 aliphatic heterocycles. The predicted octanol–water partition coefficient (Wildman–Crippen LogP) is 1.90. The number of urea groups is 1.